The molecule has 0 aromatic heterocycles. The van der Waals surface area contributed by atoms with Crippen molar-refractivity contribution < 1.29 is 13.0 Å². The van der Waals surface area contributed by atoms with Gasteiger partial charge in [-0.3, -0.25) is 0 Å². The lowest BCUT2D eigenvalue weighted by Crippen LogP contribution is -2.05. The predicted octanol–water partition coefficient (Wildman–Crippen LogP) is 7.59. The second kappa shape index (κ2) is 13.4. The Kier molecular flexibility index (Phi) is 10.4. The Bertz CT molecular complexity index is 1250. The molecule has 0 spiro atoms. The molecule has 0 aliphatic carbocycles. The third kappa shape index (κ3) is 8.09. The molecule has 0 saturated carbocycles. The van der Waals surface area contributed by atoms with E-state index in [9.17, 15) is 13.0 Å². The Morgan fingerprint density at radius 2 is 1.03 bits per heavy atom. The molecule has 4 aromatic rings. The number of rotatable bonds is 8. The van der Waals surface area contributed by atoms with Crippen molar-refractivity contribution in [3.63, 3.8) is 0 Å². The van der Waals surface area contributed by atoms with E-state index in [0.29, 0.717) is 0 Å². The van der Waals surface area contributed by atoms with Crippen LogP contribution in [0.15, 0.2) is 123 Å². The van der Waals surface area contributed by atoms with Gasteiger partial charge in [0, 0.05) is 0 Å². The number of hydrogen-bond acceptors (Lipinski definition) is 3. The molecule has 0 fully saturated rings. The molecular formula is C31H34O3S2. The van der Waals surface area contributed by atoms with Crippen LogP contribution in [0.5, 0.6) is 0 Å². The maximum absolute atomic E-state index is 10.4. The lowest BCUT2D eigenvalue weighted by Gasteiger charge is -2.09. The Hall–Kier alpha value is -2.86. The zero-order valence-electron chi connectivity index (χ0n) is 21.2. The van der Waals surface area contributed by atoms with Crippen molar-refractivity contribution in [1.29, 1.82) is 0 Å². The van der Waals surface area contributed by atoms with Crippen LogP contribution in [0.1, 0.15) is 43.4 Å². The first kappa shape index (κ1) is 27.7. The molecule has 4 rings (SSSR count). The van der Waals surface area contributed by atoms with E-state index in [1.807, 2.05) is 6.92 Å². The average molecular weight is 519 g/mol. The molecular weight excluding hydrogens is 484 g/mol. The summed E-state index contributed by atoms with van der Waals surface area (Å²) < 4.78 is 31.2. The van der Waals surface area contributed by atoms with E-state index in [1.54, 1.807) is 12.1 Å². The van der Waals surface area contributed by atoms with Gasteiger partial charge in [0.25, 0.3) is 0 Å². The summed E-state index contributed by atoms with van der Waals surface area (Å²) in [6, 6.07) is 35.2. The van der Waals surface area contributed by atoms with E-state index in [0.717, 1.165) is 18.4 Å². The minimum atomic E-state index is -4.27. The molecule has 188 valence electrons. The van der Waals surface area contributed by atoms with E-state index < -0.39 is 10.1 Å². The summed E-state index contributed by atoms with van der Waals surface area (Å²) in [6.45, 7) is 6.29. The van der Waals surface area contributed by atoms with Gasteiger partial charge in [-0.1, -0.05) is 86.8 Å². The topological polar surface area (TPSA) is 57.2 Å². The van der Waals surface area contributed by atoms with Crippen molar-refractivity contribution in [1.82, 2.24) is 0 Å². The van der Waals surface area contributed by atoms with Crippen LogP contribution in [0.25, 0.3) is 0 Å². The SMILES string of the molecule is CCCc1ccc([S+](c2ccccc2)c2ccc(CCC)cc2)cc1.Cc1ccc(S(=O)(=O)[O-])cc1. The Labute approximate surface area is 219 Å². The lowest BCUT2D eigenvalue weighted by atomic mass is 10.1. The molecule has 0 aliphatic heterocycles. The van der Waals surface area contributed by atoms with Crippen molar-refractivity contribution in [2.24, 2.45) is 0 Å². The summed E-state index contributed by atoms with van der Waals surface area (Å²) in [5.74, 6) is 0. The van der Waals surface area contributed by atoms with Crippen LogP contribution < -0.4 is 0 Å². The van der Waals surface area contributed by atoms with Gasteiger partial charge < -0.3 is 4.55 Å². The van der Waals surface area contributed by atoms with E-state index in [-0.39, 0.29) is 15.8 Å². The molecule has 0 radical (unpaired) electrons. The van der Waals surface area contributed by atoms with Crippen LogP contribution in [0.2, 0.25) is 0 Å². The predicted molar refractivity (Wildman–Crippen MR) is 149 cm³/mol. The minimum absolute atomic E-state index is 0.0390. The van der Waals surface area contributed by atoms with E-state index in [2.05, 4.69) is 92.7 Å². The molecule has 0 unspecified atom stereocenters. The molecule has 0 heterocycles. The largest absolute Gasteiger partial charge is 0.744 e. The van der Waals surface area contributed by atoms with Crippen LogP contribution in [0, 0.1) is 6.92 Å². The summed E-state index contributed by atoms with van der Waals surface area (Å²) in [5, 5.41) is 0. The van der Waals surface area contributed by atoms with Crippen molar-refractivity contribution in [2.75, 3.05) is 0 Å². The van der Waals surface area contributed by atoms with Crippen molar-refractivity contribution >= 4 is 21.0 Å². The van der Waals surface area contributed by atoms with Gasteiger partial charge >= 0.3 is 0 Å². The number of benzene rings is 4. The van der Waals surface area contributed by atoms with Gasteiger partial charge in [0.05, 0.1) is 15.8 Å². The van der Waals surface area contributed by atoms with Gasteiger partial charge in [-0.25, -0.2) is 8.42 Å². The molecule has 4 aromatic carbocycles. The molecule has 3 nitrogen and oxygen atoms in total. The fourth-order valence-corrected chi connectivity index (χ4v) is 6.36. The second-order valence-corrected chi connectivity index (χ2v) is 12.1. The standard InChI is InChI=1S/C24H27S.C7H8O3S/c1-3-8-20-12-16-23(17-13-20)25(22-10-6-5-7-11-22)24-18-14-21(9-4-2)15-19-24;1-6-2-4-7(5-3-6)11(8,9)10/h5-7,10-19H,3-4,8-9H2,1-2H3;2-5H,1H3,(H,8,9,10)/q+1;/p-1. The van der Waals surface area contributed by atoms with Crippen LogP contribution in [0.4, 0.5) is 0 Å². The van der Waals surface area contributed by atoms with Crippen molar-refractivity contribution in [3.8, 4) is 0 Å². The summed E-state index contributed by atoms with van der Waals surface area (Å²) >= 11 is 0. The maximum Gasteiger partial charge on any atom is 0.166 e. The molecule has 0 aliphatic rings. The highest BCUT2D eigenvalue weighted by Gasteiger charge is 2.28. The lowest BCUT2D eigenvalue weighted by molar-refractivity contribution is 0.463. The second-order valence-electron chi connectivity index (χ2n) is 8.67. The highest BCUT2D eigenvalue weighted by molar-refractivity contribution is 7.97. The fraction of sp³-hybridized carbons (Fsp3) is 0.226. The molecule has 0 atom stereocenters. The van der Waals surface area contributed by atoms with Crippen LogP contribution in [0.3, 0.4) is 0 Å². The monoisotopic (exact) mass is 518 g/mol. The summed E-state index contributed by atoms with van der Waals surface area (Å²) in [6.07, 6.45) is 4.71. The smallest absolute Gasteiger partial charge is 0.166 e. The third-order valence-electron chi connectivity index (χ3n) is 5.68. The van der Waals surface area contributed by atoms with Gasteiger partial charge in [-0.05, 0) is 79.4 Å². The first-order chi connectivity index (χ1) is 17.3. The summed E-state index contributed by atoms with van der Waals surface area (Å²) in [5.41, 5.74) is 3.79. The molecule has 0 amide bonds. The van der Waals surface area contributed by atoms with Crippen molar-refractivity contribution in [2.45, 2.75) is 66.0 Å². The average Bonchev–Trinajstić information content (AvgIpc) is 2.87. The fourth-order valence-electron chi connectivity index (χ4n) is 3.83. The Morgan fingerprint density at radius 3 is 1.42 bits per heavy atom. The molecule has 0 N–H and O–H groups in total. The third-order valence-corrected chi connectivity index (χ3v) is 8.76. The zero-order chi connectivity index (χ0) is 26.0. The van der Waals surface area contributed by atoms with Crippen LogP contribution in [-0.2, 0) is 33.9 Å². The van der Waals surface area contributed by atoms with E-state index in [1.165, 1.54) is 50.8 Å². The Morgan fingerprint density at radius 1 is 0.611 bits per heavy atom. The van der Waals surface area contributed by atoms with Crippen LogP contribution in [-0.4, -0.2) is 13.0 Å². The molecule has 5 heteroatoms. The quantitative estimate of drug-likeness (QED) is 0.178. The normalized spacial score (nSPS) is 11.1. The molecule has 0 bridgehead atoms. The van der Waals surface area contributed by atoms with Crippen LogP contribution >= 0.6 is 0 Å². The van der Waals surface area contributed by atoms with E-state index in [4.69, 9.17) is 0 Å². The van der Waals surface area contributed by atoms with Gasteiger partial charge in [0.1, 0.15) is 10.1 Å². The van der Waals surface area contributed by atoms with Gasteiger partial charge in [-0.2, -0.15) is 0 Å². The zero-order valence-corrected chi connectivity index (χ0v) is 22.8. The van der Waals surface area contributed by atoms with Gasteiger partial charge in [-0.15, -0.1) is 0 Å². The maximum atomic E-state index is 10.4. The number of aryl methyl sites for hydroxylation is 3. The first-order valence-corrected chi connectivity index (χ1v) is 14.9. The Balaban J connectivity index is 0.000000275. The number of hydrogen-bond donors (Lipinski definition) is 0. The molecule has 36 heavy (non-hydrogen) atoms. The summed E-state index contributed by atoms with van der Waals surface area (Å²) in [4.78, 5) is 4.00. The highest BCUT2D eigenvalue weighted by Crippen LogP contribution is 2.31. The van der Waals surface area contributed by atoms with Gasteiger partial charge in [0.2, 0.25) is 0 Å². The van der Waals surface area contributed by atoms with E-state index >= 15 is 0 Å². The molecule has 0 saturated heterocycles. The minimum Gasteiger partial charge on any atom is -0.744 e. The van der Waals surface area contributed by atoms with Crippen molar-refractivity contribution in [3.05, 3.63) is 120 Å². The first-order valence-electron chi connectivity index (χ1n) is 12.3. The van der Waals surface area contributed by atoms with Gasteiger partial charge in [0.15, 0.2) is 14.7 Å². The highest BCUT2D eigenvalue weighted by atomic mass is 32.2. The summed E-state index contributed by atoms with van der Waals surface area (Å²) in [7, 11) is -4.31.